The summed E-state index contributed by atoms with van der Waals surface area (Å²) in [5.41, 5.74) is 0.205. The van der Waals surface area contributed by atoms with Crippen molar-refractivity contribution in [2.24, 2.45) is 0 Å². The molecule has 0 aliphatic carbocycles. The third kappa shape index (κ3) is 1.83. The molecule has 0 aliphatic heterocycles. The summed E-state index contributed by atoms with van der Waals surface area (Å²) in [4.78, 5) is 23.4. The van der Waals surface area contributed by atoms with E-state index in [-0.39, 0.29) is 11.3 Å². The fraction of sp³-hybridized carbons (Fsp3) is 0.300. The lowest BCUT2D eigenvalue weighted by molar-refractivity contribution is 0.408. The van der Waals surface area contributed by atoms with Crippen molar-refractivity contribution in [3.05, 3.63) is 27.8 Å². The second kappa shape index (κ2) is 4.44. The van der Waals surface area contributed by atoms with E-state index in [9.17, 15) is 4.79 Å². The number of ether oxygens (including phenoxy) is 1. The normalized spacial score (nSPS) is 10.4. The van der Waals surface area contributed by atoms with Crippen molar-refractivity contribution in [3.8, 4) is 16.5 Å². The molecule has 0 aromatic carbocycles. The largest absolute Gasteiger partial charge is 0.489 e. The van der Waals surface area contributed by atoms with Crippen LogP contribution >= 0.6 is 11.3 Å². The third-order valence-electron chi connectivity index (χ3n) is 2.12. The van der Waals surface area contributed by atoms with Crippen LogP contribution in [0.15, 0.2) is 17.3 Å². The molecular formula is C10H11N3O2S. The van der Waals surface area contributed by atoms with Gasteiger partial charge in [-0.2, -0.15) is 0 Å². The Morgan fingerprint density at radius 3 is 2.94 bits per heavy atom. The zero-order valence-electron chi connectivity index (χ0n) is 8.98. The van der Waals surface area contributed by atoms with Gasteiger partial charge in [0.2, 0.25) is 5.75 Å². The molecule has 6 heteroatoms. The lowest BCUT2D eigenvalue weighted by Gasteiger charge is -2.01. The minimum atomic E-state index is -0.291. The van der Waals surface area contributed by atoms with Crippen molar-refractivity contribution in [2.75, 3.05) is 7.11 Å². The summed E-state index contributed by atoms with van der Waals surface area (Å²) in [6.07, 6.45) is 4.07. The lowest BCUT2D eigenvalue weighted by atomic mass is 10.4. The Hall–Kier alpha value is -1.69. The van der Waals surface area contributed by atoms with Gasteiger partial charge in [0.1, 0.15) is 10.7 Å². The smallest absolute Gasteiger partial charge is 0.293 e. The SMILES string of the molecule is CCc1cnc(-c2nc[nH]c(=O)c2OC)s1. The molecular weight excluding hydrogens is 226 g/mol. The molecule has 5 nitrogen and oxygen atoms in total. The highest BCUT2D eigenvalue weighted by Crippen LogP contribution is 2.28. The topological polar surface area (TPSA) is 67.9 Å². The molecule has 2 heterocycles. The van der Waals surface area contributed by atoms with E-state index in [4.69, 9.17) is 4.74 Å². The summed E-state index contributed by atoms with van der Waals surface area (Å²) in [5, 5.41) is 0.708. The summed E-state index contributed by atoms with van der Waals surface area (Å²) in [6, 6.07) is 0. The molecule has 0 unspecified atom stereocenters. The first kappa shape index (κ1) is 10.8. The standard InChI is InChI=1S/C10H11N3O2S/c1-3-6-4-11-10(16-6)7-8(15-2)9(14)13-5-12-7/h4-5H,3H2,1-2H3,(H,12,13,14). The fourth-order valence-electron chi connectivity index (χ4n) is 1.31. The summed E-state index contributed by atoms with van der Waals surface area (Å²) < 4.78 is 5.03. The fourth-order valence-corrected chi connectivity index (χ4v) is 2.15. The molecule has 0 fully saturated rings. The predicted octanol–water partition coefficient (Wildman–Crippen LogP) is 1.46. The maximum absolute atomic E-state index is 11.5. The highest BCUT2D eigenvalue weighted by atomic mass is 32.1. The minimum Gasteiger partial charge on any atom is -0.489 e. The van der Waals surface area contributed by atoms with Crippen molar-refractivity contribution < 1.29 is 4.74 Å². The van der Waals surface area contributed by atoms with Crippen LogP contribution in [0.4, 0.5) is 0 Å². The van der Waals surface area contributed by atoms with E-state index in [0.29, 0.717) is 10.7 Å². The van der Waals surface area contributed by atoms with Gasteiger partial charge in [0.15, 0.2) is 0 Å². The zero-order chi connectivity index (χ0) is 11.5. The van der Waals surface area contributed by atoms with Crippen LogP contribution in [0.1, 0.15) is 11.8 Å². The summed E-state index contributed by atoms with van der Waals surface area (Å²) in [7, 11) is 1.45. The Morgan fingerprint density at radius 2 is 2.31 bits per heavy atom. The second-order valence-electron chi connectivity index (χ2n) is 3.10. The van der Waals surface area contributed by atoms with Gasteiger partial charge in [-0.3, -0.25) is 4.79 Å². The first-order valence-corrected chi connectivity index (χ1v) is 5.64. The van der Waals surface area contributed by atoms with Crippen LogP contribution in [0.5, 0.6) is 5.75 Å². The van der Waals surface area contributed by atoms with E-state index in [1.54, 1.807) is 6.20 Å². The summed E-state index contributed by atoms with van der Waals surface area (Å²) >= 11 is 1.52. The van der Waals surface area contributed by atoms with Gasteiger partial charge >= 0.3 is 0 Å². The Morgan fingerprint density at radius 1 is 1.50 bits per heavy atom. The number of hydrogen-bond acceptors (Lipinski definition) is 5. The molecule has 16 heavy (non-hydrogen) atoms. The number of thiazole rings is 1. The second-order valence-corrected chi connectivity index (χ2v) is 4.21. The van der Waals surface area contributed by atoms with Gasteiger partial charge in [-0.25, -0.2) is 9.97 Å². The average molecular weight is 237 g/mol. The number of hydrogen-bond donors (Lipinski definition) is 1. The predicted molar refractivity (Wildman–Crippen MR) is 61.9 cm³/mol. The Bertz CT molecular complexity index is 547. The monoisotopic (exact) mass is 237 g/mol. The minimum absolute atomic E-state index is 0.208. The van der Waals surface area contributed by atoms with Gasteiger partial charge in [0, 0.05) is 11.1 Å². The quantitative estimate of drug-likeness (QED) is 0.877. The molecule has 0 spiro atoms. The number of nitrogens with zero attached hydrogens (tertiary/aromatic N) is 2. The van der Waals surface area contributed by atoms with Crippen LogP contribution in [0.3, 0.4) is 0 Å². The van der Waals surface area contributed by atoms with Gasteiger partial charge in [0.25, 0.3) is 5.56 Å². The van der Waals surface area contributed by atoms with Gasteiger partial charge in [-0.1, -0.05) is 6.92 Å². The maximum atomic E-state index is 11.5. The number of aromatic amines is 1. The lowest BCUT2D eigenvalue weighted by Crippen LogP contribution is -2.10. The van der Waals surface area contributed by atoms with Crippen molar-refractivity contribution in [1.29, 1.82) is 0 Å². The van der Waals surface area contributed by atoms with Gasteiger partial charge in [-0.15, -0.1) is 11.3 Å². The highest BCUT2D eigenvalue weighted by molar-refractivity contribution is 7.15. The van der Waals surface area contributed by atoms with Crippen LogP contribution in [0.25, 0.3) is 10.7 Å². The van der Waals surface area contributed by atoms with E-state index < -0.39 is 0 Å². The maximum Gasteiger partial charge on any atom is 0.293 e. The zero-order valence-corrected chi connectivity index (χ0v) is 9.80. The molecule has 2 rings (SSSR count). The molecule has 2 aromatic heterocycles. The molecule has 0 amide bonds. The molecule has 0 saturated carbocycles. The number of rotatable bonds is 3. The number of H-pyrrole nitrogens is 1. The third-order valence-corrected chi connectivity index (χ3v) is 3.27. The van der Waals surface area contributed by atoms with Crippen LogP contribution in [0, 0.1) is 0 Å². The van der Waals surface area contributed by atoms with Crippen LogP contribution < -0.4 is 10.3 Å². The summed E-state index contributed by atoms with van der Waals surface area (Å²) in [5.74, 6) is 0.208. The first-order chi connectivity index (χ1) is 7.76. The number of methoxy groups -OCH3 is 1. The van der Waals surface area contributed by atoms with Crippen LogP contribution in [-0.4, -0.2) is 22.1 Å². The van der Waals surface area contributed by atoms with E-state index in [0.717, 1.165) is 11.3 Å². The Labute approximate surface area is 96.2 Å². The van der Waals surface area contributed by atoms with Crippen molar-refractivity contribution in [2.45, 2.75) is 13.3 Å². The molecule has 1 N–H and O–H groups in total. The van der Waals surface area contributed by atoms with E-state index in [1.165, 1.54) is 24.8 Å². The molecule has 2 aromatic rings. The number of aromatic nitrogens is 3. The van der Waals surface area contributed by atoms with Crippen molar-refractivity contribution in [1.82, 2.24) is 15.0 Å². The molecule has 0 radical (unpaired) electrons. The first-order valence-electron chi connectivity index (χ1n) is 4.83. The van der Waals surface area contributed by atoms with Gasteiger partial charge in [-0.05, 0) is 6.42 Å². The molecule has 0 saturated heterocycles. The van der Waals surface area contributed by atoms with Crippen molar-refractivity contribution in [3.63, 3.8) is 0 Å². The number of nitrogens with one attached hydrogen (secondary N) is 1. The van der Waals surface area contributed by atoms with Crippen LogP contribution in [-0.2, 0) is 6.42 Å². The highest BCUT2D eigenvalue weighted by Gasteiger charge is 2.14. The van der Waals surface area contributed by atoms with E-state index in [1.807, 2.05) is 0 Å². The van der Waals surface area contributed by atoms with E-state index in [2.05, 4.69) is 21.9 Å². The average Bonchev–Trinajstić information content (AvgIpc) is 2.77. The van der Waals surface area contributed by atoms with Crippen molar-refractivity contribution >= 4 is 11.3 Å². The molecule has 0 bridgehead atoms. The van der Waals surface area contributed by atoms with Gasteiger partial charge < -0.3 is 9.72 Å². The van der Waals surface area contributed by atoms with E-state index >= 15 is 0 Å². The molecule has 84 valence electrons. The van der Waals surface area contributed by atoms with Gasteiger partial charge in [0.05, 0.1) is 13.4 Å². The Balaban J connectivity index is 2.55. The van der Waals surface area contributed by atoms with Crippen LogP contribution in [0.2, 0.25) is 0 Å². The Kier molecular flexibility index (Phi) is 3.00. The number of aryl methyl sites for hydroxylation is 1. The molecule has 0 atom stereocenters. The summed E-state index contributed by atoms with van der Waals surface area (Å²) in [6.45, 7) is 2.06. The molecule has 0 aliphatic rings.